The van der Waals surface area contributed by atoms with E-state index >= 15 is 0 Å². The van der Waals surface area contributed by atoms with E-state index in [0.717, 1.165) is 12.1 Å². The van der Waals surface area contributed by atoms with Gasteiger partial charge in [0.15, 0.2) is 0 Å². The van der Waals surface area contributed by atoms with Gasteiger partial charge in [0.05, 0.1) is 17.0 Å². The number of hydrogen-bond acceptors (Lipinski definition) is 2. The number of carbonyl (C=O) groups is 1. The van der Waals surface area contributed by atoms with Crippen molar-refractivity contribution < 1.29 is 22.7 Å². The van der Waals surface area contributed by atoms with Crippen LogP contribution in [0.4, 0.5) is 18.9 Å². The molecule has 3 aromatic rings. The van der Waals surface area contributed by atoms with Crippen LogP contribution in [0.1, 0.15) is 36.4 Å². The van der Waals surface area contributed by atoms with Crippen LogP contribution in [-0.4, -0.2) is 5.91 Å². The summed E-state index contributed by atoms with van der Waals surface area (Å²) in [7, 11) is 0. The lowest BCUT2D eigenvalue weighted by atomic mass is 9.77. The van der Waals surface area contributed by atoms with Gasteiger partial charge < -0.3 is 9.64 Å². The van der Waals surface area contributed by atoms with Gasteiger partial charge in [0.2, 0.25) is 5.91 Å². The van der Waals surface area contributed by atoms with Gasteiger partial charge in [-0.25, -0.2) is 0 Å². The lowest BCUT2D eigenvalue weighted by Gasteiger charge is -2.27. The zero-order valence-electron chi connectivity index (χ0n) is 19.5. The second kappa shape index (κ2) is 10.2. The number of hydrogen-bond donors (Lipinski definition) is 0. The van der Waals surface area contributed by atoms with Crippen LogP contribution in [0.25, 0.3) is 0 Å². The zero-order valence-corrected chi connectivity index (χ0v) is 20.2. The Hall–Kier alpha value is -3.51. The summed E-state index contributed by atoms with van der Waals surface area (Å²) in [6.45, 7) is 7.61. The molecule has 0 aliphatic carbocycles. The zero-order chi connectivity index (χ0) is 25.9. The van der Waals surface area contributed by atoms with E-state index in [9.17, 15) is 18.0 Å². The van der Waals surface area contributed by atoms with Crippen molar-refractivity contribution in [1.29, 1.82) is 0 Å². The smallest absolute Gasteiger partial charge is 0.416 e. The first-order valence-electron chi connectivity index (χ1n) is 11.4. The molecule has 1 amide bonds. The third-order valence-corrected chi connectivity index (χ3v) is 6.65. The second-order valence-electron chi connectivity index (χ2n) is 8.83. The van der Waals surface area contributed by atoms with Crippen LogP contribution in [0.15, 0.2) is 98.1 Å². The third-order valence-electron chi connectivity index (χ3n) is 6.40. The molecule has 3 aromatic carbocycles. The Kier molecular flexibility index (Phi) is 7.27. The Balaban J connectivity index is 1.72. The summed E-state index contributed by atoms with van der Waals surface area (Å²) in [5, 5.41) is 0.591. The molecule has 0 aromatic heterocycles. The van der Waals surface area contributed by atoms with Crippen LogP contribution >= 0.6 is 11.6 Å². The first kappa shape index (κ1) is 25.6. The molecule has 7 heteroatoms. The SMILES string of the molecule is C=CCC1(CC=C)C[C@H](c2cccc(C(F)(F)F)c2)N(c2ccc(Oc3ccc(Cl)cc3)cc2)C1=O. The van der Waals surface area contributed by atoms with E-state index in [1.54, 1.807) is 71.6 Å². The van der Waals surface area contributed by atoms with E-state index in [2.05, 4.69) is 13.2 Å². The van der Waals surface area contributed by atoms with Gasteiger partial charge in [-0.2, -0.15) is 13.2 Å². The summed E-state index contributed by atoms with van der Waals surface area (Å²) >= 11 is 5.92. The van der Waals surface area contributed by atoms with Gasteiger partial charge in [-0.05, 0) is 85.5 Å². The van der Waals surface area contributed by atoms with E-state index in [4.69, 9.17) is 16.3 Å². The van der Waals surface area contributed by atoms with E-state index in [1.165, 1.54) is 6.07 Å². The summed E-state index contributed by atoms with van der Waals surface area (Å²) in [6, 6.07) is 18.4. The van der Waals surface area contributed by atoms with Crippen molar-refractivity contribution in [3.8, 4) is 11.5 Å². The molecule has 1 aliphatic heterocycles. The van der Waals surface area contributed by atoms with Crippen molar-refractivity contribution in [2.24, 2.45) is 5.41 Å². The highest BCUT2D eigenvalue weighted by Gasteiger charge is 2.51. The van der Waals surface area contributed by atoms with Crippen molar-refractivity contribution in [3.05, 3.63) is 114 Å². The van der Waals surface area contributed by atoms with Crippen LogP contribution in [0.2, 0.25) is 5.02 Å². The van der Waals surface area contributed by atoms with Gasteiger partial charge in [0, 0.05) is 10.7 Å². The molecule has 1 saturated heterocycles. The van der Waals surface area contributed by atoms with Crippen LogP contribution < -0.4 is 9.64 Å². The number of nitrogens with zero attached hydrogens (tertiary/aromatic N) is 1. The number of rotatable bonds is 8. The Bertz CT molecular complexity index is 1240. The lowest BCUT2D eigenvalue weighted by Crippen LogP contribution is -2.35. The maximum Gasteiger partial charge on any atom is 0.416 e. The average Bonchev–Trinajstić information content (AvgIpc) is 3.13. The maximum atomic E-state index is 13.8. The largest absolute Gasteiger partial charge is 0.457 e. The fourth-order valence-corrected chi connectivity index (χ4v) is 4.85. The van der Waals surface area contributed by atoms with E-state index in [-0.39, 0.29) is 5.91 Å². The average molecular weight is 512 g/mol. The third kappa shape index (κ3) is 5.19. The first-order valence-corrected chi connectivity index (χ1v) is 11.8. The number of carbonyl (C=O) groups excluding carboxylic acids is 1. The Morgan fingerprint density at radius 1 is 0.972 bits per heavy atom. The van der Waals surface area contributed by atoms with Crippen LogP contribution in [0, 0.1) is 5.41 Å². The van der Waals surface area contributed by atoms with Gasteiger partial charge in [-0.1, -0.05) is 35.9 Å². The summed E-state index contributed by atoms with van der Waals surface area (Å²) < 4.78 is 46.2. The summed E-state index contributed by atoms with van der Waals surface area (Å²) in [6.07, 6.45) is -0.00487. The molecule has 36 heavy (non-hydrogen) atoms. The molecule has 1 fully saturated rings. The highest BCUT2D eigenvalue weighted by molar-refractivity contribution is 6.30. The normalized spacial score (nSPS) is 17.2. The molecule has 1 heterocycles. The minimum Gasteiger partial charge on any atom is -0.457 e. The highest BCUT2D eigenvalue weighted by atomic mass is 35.5. The molecule has 1 aliphatic rings. The molecule has 0 radical (unpaired) electrons. The van der Waals surface area contributed by atoms with Crippen molar-refractivity contribution in [1.82, 2.24) is 0 Å². The van der Waals surface area contributed by atoms with Crippen molar-refractivity contribution in [2.75, 3.05) is 4.90 Å². The fourth-order valence-electron chi connectivity index (χ4n) is 4.72. The topological polar surface area (TPSA) is 29.5 Å². The number of alkyl halides is 3. The Morgan fingerprint density at radius 3 is 2.11 bits per heavy atom. The molecule has 1 atom stereocenters. The van der Waals surface area contributed by atoms with Crippen molar-refractivity contribution >= 4 is 23.2 Å². The molecular weight excluding hydrogens is 487 g/mol. The summed E-state index contributed by atoms with van der Waals surface area (Å²) in [5.41, 5.74) is -0.583. The molecule has 0 unspecified atom stereocenters. The number of amides is 1. The maximum absolute atomic E-state index is 13.8. The van der Waals surface area contributed by atoms with Gasteiger partial charge in [-0.3, -0.25) is 4.79 Å². The van der Waals surface area contributed by atoms with Crippen LogP contribution in [0.5, 0.6) is 11.5 Å². The highest BCUT2D eigenvalue weighted by Crippen LogP contribution is 2.51. The predicted octanol–water partition coefficient (Wildman–Crippen LogP) is 8.77. The van der Waals surface area contributed by atoms with Crippen molar-refractivity contribution in [2.45, 2.75) is 31.5 Å². The van der Waals surface area contributed by atoms with Crippen LogP contribution in [0.3, 0.4) is 0 Å². The molecule has 3 nitrogen and oxygen atoms in total. The molecule has 0 N–H and O–H groups in total. The quantitative estimate of drug-likeness (QED) is 0.283. The lowest BCUT2D eigenvalue weighted by molar-refractivity contribution is -0.137. The number of halogens is 4. The molecule has 0 spiro atoms. The van der Waals surface area contributed by atoms with Crippen molar-refractivity contribution in [3.63, 3.8) is 0 Å². The Morgan fingerprint density at radius 2 is 1.56 bits per heavy atom. The fraction of sp³-hybridized carbons (Fsp3) is 0.207. The van der Waals surface area contributed by atoms with E-state index < -0.39 is 23.2 Å². The standard InChI is InChI=1S/C29H25ClF3NO2/c1-3-16-28(17-4-2)19-26(20-6-5-7-21(18-20)29(31,32)33)34(27(28)35)23-10-14-25(15-11-23)36-24-12-8-22(30)9-13-24/h3-15,18,26H,1-2,16-17,19H2/t26-/m1/s1. The number of allylic oxidation sites excluding steroid dienone is 2. The molecule has 4 rings (SSSR count). The monoisotopic (exact) mass is 511 g/mol. The number of anilines is 1. The van der Waals surface area contributed by atoms with Gasteiger partial charge in [0.1, 0.15) is 11.5 Å². The van der Waals surface area contributed by atoms with Crippen LogP contribution in [-0.2, 0) is 11.0 Å². The Labute approximate surface area is 213 Å². The molecule has 186 valence electrons. The van der Waals surface area contributed by atoms with E-state index in [0.29, 0.717) is 47.0 Å². The number of ether oxygens (including phenoxy) is 1. The van der Waals surface area contributed by atoms with Gasteiger partial charge in [0.25, 0.3) is 0 Å². The first-order chi connectivity index (χ1) is 17.2. The molecular formula is C29H25ClF3NO2. The predicted molar refractivity (Wildman–Crippen MR) is 136 cm³/mol. The molecule has 0 bridgehead atoms. The second-order valence-corrected chi connectivity index (χ2v) is 9.27. The van der Waals surface area contributed by atoms with E-state index in [1.807, 2.05) is 0 Å². The minimum absolute atomic E-state index is 0.170. The number of benzene rings is 3. The molecule has 0 saturated carbocycles. The summed E-state index contributed by atoms with van der Waals surface area (Å²) in [5.74, 6) is 0.977. The van der Waals surface area contributed by atoms with Gasteiger partial charge >= 0.3 is 6.18 Å². The summed E-state index contributed by atoms with van der Waals surface area (Å²) in [4.78, 5) is 15.4. The minimum atomic E-state index is -4.48. The van der Waals surface area contributed by atoms with Gasteiger partial charge in [-0.15, -0.1) is 13.2 Å².